The van der Waals surface area contributed by atoms with Gasteiger partial charge in [0.05, 0.1) is 30.6 Å². The quantitative estimate of drug-likeness (QED) is 0.573. The minimum atomic E-state index is -0.168. The molecule has 1 aliphatic carbocycles. The molecule has 0 saturated heterocycles. The lowest BCUT2D eigenvalue weighted by Gasteiger charge is -2.29. The van der Waals surface area contributed by atoms with Crippen LogP contribution in [-0.4, -0.2) is 58.0 Å². The van der Waals surface area contributed by atoms with E-state index in [1.807, 2.05) is 18.2 Å². The van der Waals surface area contributed by atoms with E-state index < -0.39 is 0 Å². The number of amides is 1. The number of carbonyl (C=O) groups excluding carboxylic acids is 1. The van der Waals surface area contributed by atoms with Crippen molar-refractivity contribution in [2.24, 2.45) is 0 Å². The van der Waals surface area contributed by atoms with Crippen LogP contribution in [0.3, 0.4) is 0 Å². The molecule has 1 amide bonds. The molecule has 3 heterocycles. The maximum Gasteiger partial charge on any atom is 0.253 e. The predicted octanol–water partition coefficient (Wildman–Crippen LogP) is 2.08. The molecule has 4 rings (SSSR count). The van der Waals surface area contributed by atoms with Gasteiger partial charge in [-0.25, -0.2) is 9.50 Å². The first-order valence-corrected chi connectivity index (χ1v) is 10.1. The largest absolute Gasteiger partial charge is 0.382 e. The fourth-order valence-corrected chi connectivity index (χ4v) is 3.90. The summed E-state index contributed by atoms with van der Waals surface area (Å²) in [6.45, 7) is 1.20. The molecule has 1 fully saturated rings. The van der Waals surface area contributed by atoms with Gasteiger partial charge in [0.2, 0.25) is 0 Å². The monoisotopic (exact) mass is 410 g/mol. The van der Waals surface area contributed by atoms with Crippen molar-refractivity contribution in [3.8, 4) is 11.3 Å². The van der Waals surface area contributed by atoms with Gasteiger partial charge >= 0.3 is 0 Å². The zero-order valence-electron chi connectivity index (χ0n) is 17.0. The van der Waals surface area contributed by atoms with Gasteiger partial charge in [-0.15, -0.1) is 0 Å². The molecule has 158 valence electrons. The molecule has 0 aromatic carbocycles. The fourth-order valence-electron chi connectivity index (χ4n) is 3.90. The Morgan fingerprint density at radius 3 is 2.73 bits per heavy atom. The lowest BCUT2D eigenvalue weighted by Crippen LogP contribution is -2.39. The lowest BCUT2D eigenvalue weighted by atomic mass is 9.92. The van der Waals surface area contributed by atoms with E-state index in [4.69, 9.17) is 15.2 Å². The summed E-state index contributed by atoms with van der Waals surface area (Å²) in [4.78, 5) is 21.3. The first-order valence-electron chi connectivity index (χ1n) is 10.1. The summed E-state index contributed by atoms with van der Waals surface area (Å²) in [6, 6.07) is 5.65. The number of hydrogen-bond acceptors (Lipinski definition) is 7. The first-order chi connectivity index (χ1) is 14.7. The van der Waals surface area contributed by atoms with Crippen molar-refractivity contribution in [1.82, 2.24) is 24.9 Å². The van der Waals surface area contributed by atoms with E-state index in [0.717, 1.165) is 36.9 Å². The lowest BCUT2D eigenvalue weighted by molar-refractivity contribution is -0.00408. The van der Waals surface area contributed by atoms with Crippen molar-refractivity contribution in [2.75, 3.05) is 26.1 Å². The van der Waals surface area contributed by atoms with Crippen LogP contribution in [0, 0.1) is 0 Å². The van der Waals surface area contributed by atoms with E-state index >= 15 is 0 Å². The van der Waals surface area contributed by atoms with Gasteiger partial charge < -0.3 is 20.5 Å². The third-order valence-corrected chi connectivity index (χ3v) is 5.45. The highest BCUT2D eigenvalue weighted by atomic mass is 16.5. The van der Waals surface area contributed by atoms with Gasteiger partial charge in [-0.2, -0.15) is 5.10 Å². The summed E-state index contributed by atoms with van der Waals surface area (Å²) in [6.07, 6.45) is 8.59. The first kappa shape index (κ1) is 20.2. The smallest absolute Gasteiger partial charge is 0.253 e. The van der Waals surface area contributed by atoms with Gasteiger partial charge in [-0.05, 0) is 43.9 Å². The van der Waals surface area contributed by atoms with Crippen molar-refractivity contribution in [3.63, 3.8) is 0 Å². The summed E-state index contributed by atoms with van der Waals surface area (Å²) >= 11 is 0. The standard InChI is InChI=1S/C21H26N6O3/c1-29-10-11-30-16-4-2-15(3-5-16)26-21(28)17-12-18(14-6-8-23-9-7-14)27-19(17)20(22)24-13-25-27/h6-9,12-13,15-16H,2-5,10-11H2,1H3,(H,26,28)(H2,22,24,25). The molecular weight excluding hydrogens is 384 g/mol. The van der Waals surface area contributed by atoms with Crippen molar-refractivity contribution in [2.45, 2.75) is 37.8 Å². The molecular formula is C21H26N6O3. The second-order valence-corrected chi connectivity index (χ2v) is 7.40. The minimum Gasteiger partial charge on any atom is -0.382 e. The Morgan fingerprint density at radius 1 is 1.23 bits per heavy atom. The van der Waals surface area contributed by atoms with Gasteiger partial charge in [-0.3, -0.25) is 9.78 Å². The summed E-state index contributed by atoms with van der Waals surface area (Å²) in [7, 11) is 1.67. The van der Waals surface area contributed by atoms with Crippen LogP contribution in [0.1, 0.15) is 36.0 Å². The van der Waals surface area contributed by atoms with E-state index in [9.17, 15) is 4.79 Å². The molecule has 3 N–H and O–H groups in total. The molecule has 3 aromatic heterocycles. The SMILES string of the molecule is COCCOC1CCC(NC(=O)c2cc(-c3ccncc3)n3ncnc(N)c23)CC1. The van der Waals surface area contributed by atoms with Crippen LogP contribution in [0.2, 0.25) is 0 Å². The number of fused-ring (bicyclic) bond motifs is 1. The summed E-state index contributed by atoms with van der Waals surface area (Å²) in [5.41, 5.74) is 8.75. The van der Waals surface area contributed by atoms with Gasteiger partial charge in [0, 0.05) is 31.1 Å². The Morgan fingerprint density at radius 2 is 2.00 bits per heavy atom. The molecule has 1 saturated carbocycles. The zero-order chi connectivity index (χ0) is 20.9. The molecule has 9 heteroatoms. The highest BCUT2D eigenvalue weighted by Gasteiger charge is 2.26. The van der Waals surface area contributed by atoms with E-state index in [-0.39, 0.29) is 23.9 Å². The van der Waals surface area contributed by atoms with Crippen LogP contribution in [0.5, 0.6) is 0 Å². The normalized spacial score (nSPS) is 19.1. The number of nitrogen functional groups attached to an aromatic ring is 1. The average molecular weight is 410 g/mol. The second-order valence-electron chi connectivity index (χ2n) is 7.40. The number of anilines is 1. The molecule has 30 heavy (non-hydrogen) atoms. The Balaban J connectivity index is 1.50. The number of nitrogens with one attached hydrogen (secondary N) is 1. The van der Waals surface area contributed by atoms with E-state index in [1.54, 1.807) is 24.0 Å². The van der Waals surface area contributed by atoms with Crippen molar-refractivity contribution in [3.05, 3.63) is 42.5 Å². The predicted molar refractivity (Wildman–Crippen MR) is 112 cm³/mol. The van der Waals surface area contributed by atoms with Crippen LogP contribution in [0.25, 0.3) is 16.8 Å². The summed E-state index contributed by atoms with van der Waals surface area (Å²) in [5, 5.41) is 7.46. The van der Waals surface area contributed by atoms with Gasteiger partial charge in [0.1, 0.15) is 11.8 Å². The van der Waals surface area contributed by atoms with Crippen molar-refractivity contribution >= 4 is 17.2 Å². The number of nitrogens with zero attached hydrogens (tertiary/aromatic N) is 4. The summed E-state index contributed by atoms with van der Waals surface area (Å²) in [5.74, 6) is 0.101. The highest BCUT2D eigenvalue weighted by molar-refractivity contribution is 6.05. The van der Waals surface area contributed by atoms with Crippen molar-refractivity contribution < 1.29 is 14.3 Å². The van der Waals surface area contributed by atoms with Crippen LogP contribution in [0.15, 0.2) is 36.9 Å². The van der Waals surface area contributed by atoms with Crippen LogP contribution in [0.4, 0.5) is 5.82 Å². The average Bonchev–Trinajstić information content (AvgIpc) is 3.17. The summed E-state index contributed by atoms with van der Waals surface area (Å²) < 4.78 is 12.5. The molecule has 0 atom stereocenters. The molecule has 0 aliphatic heterocycles. The van der Waals surface area contributed by atoms with Crippen LogP contribution >= 0.6 is 0 Å². The molecule has 3 aromatic rings. The number of pyridine rings is 1. The van der Waals surface area contributed by atoms with E-state index in [0.29, 0.717) is 24.3 Å². The number of methoxy groups -OCH3 is 1. The van der Waals surface area contributed by atoms with Crippen LogP contribution in [-0.2, 0) is 9.47 Å². The number of hydrogen-bond donors (Lipinski definition) is 2. The third kappa shape index (κ3) is 4.27. The second kappa shape index (κ2) is 9.19. The molecule has 0 unspecified atom stereocenters. The van der Waals surface area contributed by atoms with Crippen LogP contribution < -0.4 is 11.1 Å². The maximum absolute atomic E-state index is 13.1. The Labute approximate surface area is 174 Å². The number of aromatic nitrogens is 4. The van der Waals surface area contributed by atoms with Gasteiger partial charge in [-0.1, -0.05) is 0 Å². The highest BCUT2D eigenvalue weighted by Crippen LogP contribution is 2.28. The molecule has 1 aliphatic rings. The number of nitrogens with two attached hydrogens (primary N) is 1. The minimum absolute atomic E-state index is 0.102. The topological polar surface area (TPSA) is 117 Å². The fraction of sp³-hybridized carbons (Fsp3) is 0.429. The molecule has 0 spiro atoms. The number of carbonyl (C=O) groups is 1. The van der Waals surface area contributed by atoms with Crippen molar-refractivity contribution in [1.29, 1.82) is 0 Å². The maximum atomic E-state index is 13.1. The Hall–Kier alpha value is -3.04. The number of ether oxygens (including phenoxy) is 2. The number of rotatable bonds is 7. The third-order valence-electron chi connectivity index (χ3n) is 5.45. The van der Waals surface area contributed by atoms with Gasteiger partial charge in [0.25, 0.3) is 5.91 Å². The van der Waals surface area contributed by atoms with E-state index in [2.05, 4.69) is 20.4 Å². The zero-order valence-corrected chi connectivity index (χ0v) is 17.0. The Kier molecular flexibility index (Phi) is 6.20. The van der Waals surface area contributed by atoms with E-state index in [1.165, 1.54) is 6.33 Å². The molecule has 9 nitrogen and oxygen atoms in total. The molecule has 0 radical (unpaired) electrons. The molecule has 0 bridgehead atoms. The van der Waals surface area contributed by atoms with Gasteiger partial charge in [0.15, 0.2) is 5.82 Å². The Bertz CT molecular complexity index is 999.